The van der Waals surface area contributed by atoms with E-state index in [9.17, 15) is 9.90 Å². The number of carbonyl (C=O) groups is 1. The van der Waals surface area contributed by atoms with Gasteiger partial charge in [-0.15, -0.1) is 0 Å². The zero-order chi connectivity index (χ0) is 28.7. The first-order valence-corrected chi connectivity index (χ1v) is 14.8. The Kier molecular flexibility index (Phi) is 7.80. The van der Waals surface area contributed by atoms with Crippen LogP contribution in [0.5, 0.6) is 11.6 Å². The van der Waals surface area contributed by atoms with Crippen molar-refractivity contribution in [1.82, 2.24) is 24.8 Å². The van der Waals surface area contributed by atoms with Crippen LogP contribution in [0.1, 0.15) is 25.3 Å². The Hall–Kier alpha value is -2.98. The van der Waals surface area contributed by atoms with E-state index in [0.29, 0.717) is 39.9 Å². The summed E-state index contributed by atoms with van der Waals surface area (Å²) in [5, 5.41) is 10.7. The molecule has 0 radical (unpaired) electrons. The number of ether oxygens (including phenoxy) is 1. The van der Waals surface area contributed by atoms with Crippen LogP contribution in [-0.4, -0.2) is 82.1 Å². The highest BCUT2D eigenvalue weighted by Gasteiger charge is 2.64. The van der Waals surface area contributed by atoms with Crippen molar-refractivity contribution < 1.29 is 14.6 Å². The van der Waals surface area contributed by atoms with Gasteiger partial charge in [-0.3, -0.25) is 9.69 Å². The van der Waals surface area contributed by atoms with Gasteiger partial charge in [0.25, 0.3) is 0 Å². The molecule has 9 nitrogen and oxygen atoms in total. The molecule has 1 aromatic carbocycles. The SMILES string of the molecule is CN1CCN(c2ncc(Oc3cc(CN4CC[C@H]5[C@H](C(=O)O)C5(C)CC4)cc(-c4cc(Cl)cc(Cl)c4)n3)cn2)CC1. The summed E-state index contributed by atoms with van der Waals surface area (Å²) in [6.07, 6.45) is 5.13. The Morgan fingerprint density at radius 3 is 2.41 bits per heavy atom. The number of aromatic nitrogens is 3. The molecule has 1 aliphatic carbocycles. The number of aliphatic carboxylic acids is 1. The lowest BCUT2D eigenvalue weighted by Crippen LogP contribution is -2.45. The highest BCUT2D eigenvalue weighted by atomic mass is 35.5. The lowest BCUT2D eigenvalue weighted by atomic mass is 10.00. The lowest BCUT2D eigenvalue weighted by molar-refractivity contribution is -0.139. The number of carboxylic acid groups (broad SMARTS) is 1. The number of hydrogen-bond donors (Lipinski definition) is 1. The van der Waals surface area contributed by atoms with E-state index in [0.717, 1.165) is 63.2 Å². The van der Waals surface area contributed by atoms with E-state index < -0.39 is 5.97 Å². The first-order valence-electron chi connectivity index (χ1n) is 14.0. The predicted octanol–water partition coefficient (Wildman–Crippen LogP) is 5.32. The minimum atomic E-state index is -0.660. The molecule has 3 aromatic rings. The number of halogens is 2. The van der Waals surface area contributed by atoms with Crippen LogP contribution in [0.25, 0.3) is 11.3 Å². The van der Waals surface area contributed by atoms with Crippen molar-refractivity contribution in [3.8, 4) is 22.9 Å². The first kappa shape index (κ1) is 28.2. The molecule has 0 bridgehead atoms. The zero-order valence-corrected chi connectivity index (χ0v) is 24.8. The Bertz CT molecular complexity index is 1410. The molecule has 1 N–H and O–H groups in total. The van der Waals surface area contributed by atoms with Crippen LogP contribution in [0.2, 0.25) is 10.0 Å². The molecule has 4 heterocycles. The highest BCUT2D eigenvalue weighted by Crippen LogP contribution is 2.63. The van der Waals surface area contributed by atoms with Gasteiger partial charge >= 0.3 is 5.97 Å². The van der Waals surface area contributed by atoms with Gasteiger partial charge < -0.3 is 19.6 Å². The molecule has 1 saturated carbocycles. The van der Waals surface area contributed by atoms with E-state index in [-0.39, 0.29) is 17.3 Å². The fourth-order valence-corrected chi connectivity index (χ4v) is 6.93. The second kappa shape index (κ2) is 11.4. The molecule has 2 aliphatic heterocycles. The van der Waals surface area contributed by atoms with Crippen molar-refractivity contribution in [2.24, 2.45) is 17.3 Å². The van der Waals surface area contributed by atoms with Crippen molar-refractivity contribution in [3.63, 3.8) is 0 Å². The Morgan fingerprint density at radius 1 is 1.02 bits per heavy atom. The summed E-state index contributed by atoms with van der Waals surface area (Å²) >= 11 is 12.6. The molecule has 11 heteroatoms. The first-order chi connectivity index (χ1) is 19.7. The zero-order valence-electron chi connectivity index (χ0n) is 23.3. The standard InChI is InChI=1S/C30H34Cl2N6O3/c1-30-4-6-37(5-3-24(30)27(30)28(39)40)18-19-11-25(20-13-21(31)15-22(32)14-20)35-26(12-19)41-23-16-33-29(34-17-23)38-9-7-36(2)8-10-38/h11-17,24,27H,3-10,18H2,1-2H3,(H,39,40)/t24-,27+,30?/m0/s1. The van der Waals surface area contributed by atoms with Gasteiger partial charge in [0.15, 0.2) is 5.75 Å². The normalized spacial score (nSPS) is 24.9. The maximum absolute atomic E-state index is 11.7. The van der Waals surface area contributed by atoms with E-state index in [4.69, 9.17) is 32.9 Å². The van der Waals surface area contributed by atoms with E-state index in [1.807, 2.05) is 24.3 Å². The third kappa shape index (κ3) is 6.14. The molecule has 1 unspecified atom stereocenters. The molecule has 0 amide bonds. The molecule has 2 saturated heterocycles. The number of likely N-dealkylation sites (tertiary alicyclic amines) is 1. The maximum Gasteiger partial charge on any atom is 0.307 e. The molecule has 3 aliphatic rings. The maximum atomic E-state index is 11.7. The Labute approximate surface area is 250 Å². The van der Waals surface area contributed by atoms with Crippen molar-refractivity contribution in [3.05, 3.63) is 58.3 Å². The highest BCUT2D eigenvalue weighted by molar-refractivity contribution is 6.35. The summed E-state index contributed by atoms with van der Waals surface area (Å²) in [6.45, 7) is 8.24. The summed E-state index contributed by atoms with van der Waals surface area (Å²) in [4.78, 5) is 32.4. The van der Waals surface area contributed by atoms with Crippen LogP contribution >= 0.6 is 23.2 Å². The molecule has 216 valence electrons. The third-order valence-corrected chi connectivity index (χ3v) is 9.33. The number of fused-ring (bicyclic) bond motifs is 1. The number of pyridine rings is 1. The van der Waals surface area contributed by atoms with Crippen LogP contribution in [0.3, 0.4) is 0 Å². The molecule has 2 aromatic heterocycles. The molecule has 0 spiro atoms. The number of anilines is 1. The number of piperazine rings is 1. The predicted molar refractivity (Wildman–Crippen MR) is 159 cm³/mol. The van der Waals surface area contributed by atoms with Gasteiger partial charge in [-0.1, -0.05) is 30.1 Å². The van der Waals surface area contributed by atoms with Crippen LogP contribution in [-0.2, 0) is 11.3 Å². The topological polar surface area (TPSA) is 94.9 Å². The number of carboxylic acids is 1. The average Bonchev–Trinajstić information content (AvgIpc) is 3.57. The molecule has 3 fully saturated rings. The third-order valence-electron chi connectivity index (χ3n) is 8.89. The quantitative estimate of drug-likeness (QED) is 0.388. The molecular formula is C30H34Cl2N6O3. The average molecular weight is 598 g/mol. The van der Waals surface area contributed by atoms with Crippen LogP contribution in [0.4, 0.5) is 5.95 Å². The number of hydrogen-bond acceptors (Lipinski definition) is 8. The smallest absolute Gasteiger partial charge is 0.307 e. The van der Waals surface area contributed by atoms with E-state index in [2.05, 4.69) is 38.6 Å². The summed E-state index contributed by atoms with van der Waals surface area (Å²) in [5.41, 5.74) is 2.43. The van der Waals surface area contributed by atoms with Gasteiger partial charge in [-0.25, -0.2) is 15.0 Å². The number of benzene rings is 1. The van der Waals surface area contributed by atoms with Crippen molar-refractivity contribution >= 4 is 35.1 Å². The van der Waals surface area contributed by atoms with Crippen LogP contribution in [0.15, 0.2) is 42.7 Å². The van der Waals surface area contributed by atoms with E-state index in [1.165, 1.54) is 0 Å². The molecule has 3 atom stereocenters. The van der Waals surface area contributed by atoms with E-state index in [1.54, 1.807) is 18.5 Å². The fraction of sp³-hybridized carbons (Fsp3) is 0.467. The van der Waals surface area contributed by atoms with Crippen LogP contribution in [0, 0.1) is 17.3 Å². The van der Waals surface area contributed by atoms with Gasteiger partial charge in [0.05, 0.1) is 24.0 Å². The second-order valence-electron chi connectivity index (χ2n) is 11.7. The second-order valence-corrected chi connectivity index (χ2v) is 12.6. The number of rotatable bonds is 7. The van der Waals surface area contributed by atoms with Gasteiger partial charge in [0.2, 0.25) is 11.8 Å². The minimum absolute atomic E-state index is 0.105. The number of likely N-dealkylation sites (N-methyl/N-ethyl adjacent to an activating group) is 1. The summed E-state index contributed by atoms with van der Waals surface area (Å²) < 4.78 is 6.18. The monoisotopic (exact) mass is 596 g/mol. The minimum Gasteiger partial charge on any atom is -0.481 e. The Balaban J connectivity index is 1.22. The van der Waals surface area contributed by atoms with Gasteiger partial charge in [-0.2, -0.15) is 0 Å². The summed E-state index contributed by atoms with van der Waals surface area (Å²) in [7, 11) is 2.12. The summed E-state index contributed by atoms with van der Waals surface area (Å²) in [5.74, 6) is 1.01. The van der Waals surface area contributed by atoms with E-state index >= 15 is 0 Å². The largest absolute Gasteiger partial charge is 0.481 e. The van der Waals surface area contributed by atoms with Crippen LogP contribution < -0.4 is 9.64 Å². The molecule has 6 rings (SSSR count). The van der Waals surface area contributed by atoms with Gasteiger partial charge in [0.1, 0.15) is 0 Å². The van der Waals surface area contributed by atoms with Gasteiger partial charge in [0, 0.05) is 54.4 Å². The number of nitrogens with zero attached hydrogens (tertiary/aromatic N) is 6. The molecule has 41 heavy (non-hydrogen) atoms. The fourth-order valence-electron chi connectivity index (χ4n) is 6.41. The van der Waals surface area contributed by atoms with Crippen molar-refractivity contribution in [2.75, 3.05) is 51.2 Å². The summed E-state index contributed by atoms with van der Waals surface area (Å²) in [6, 6.07) is 9.35. The Morgan fingerprint density at radius 2 is 1.73 bits per heavy atom. The van der Waals surface area contributed by atoms with Crippen molar-refractivity contribution in [2.45, 2.75) is 26.3 Å². The lowest BCUT2D eigenvalue weighted by Gasteiger charge is -2.32. The molecular weight excluding hydrogens is 563 g/mol. The van der Waals surface area contributed by atoms with Gasteiger partial charge in [-0.05, 0) is 74.1 Å². The van der Waals surface area contributed by atoms with Crippen molar-refractivity contribution in [1.29, 1.82) is 0 Å².